The molecular formula is C34H39N5O4. The molecule has 2 aliphatic heterocycles. The van der Waals surface area contributed by atoms with Gasteiger partial charge in [0.15, 0.2) is 11.5 Å². The lowest BCUT2D eigenvalue weighted by molar-refractivity contribution is 0.0847. The summed E-state index contributed by atoms with van der Waals surface area (Å²) in [5, 5.41) is 13.8. The SMILES string of the molecule is Cc1cccc(N2CCN(CC(O)CNC(=O)c3nc(-c4ccccc4)n(-c4ccc5c(c4)OCCO5)c3C)CC2)c1C. The molecule has 6 rings (SSSR count). The van der Waals surface area contributed by atoms with Crippen LogP contribution in [-0.4, -0.2) is 84.1 Å². The van der Waals surface area contributed by atoms with Crippen LogP contribution in [0, 0.1) is 20.8 Å². The van der Waals surface area contributed by atoms with E-state index in [0.29, 0.717) is 48.5 Å². The van der Waals surface area contributed by atoms with Crippen molar-refractivity contribution < 1.29 is 19.4 Å². The Morgan fingerprint density at radius 1 is 0.930 bits per heavy atom. The van der Waals surface area contributed by atoms with Gasteiger partial charge in [0, 0.05) is 56.6 Å². The van der Waals surface area contributed by atoms with Gasteiger partial charge < -0.3 is 24.8 Å². The monoisotopic (exact) mass is 581 g/mol. The molecule has 1 unspecified atom stereocenters. The minimum absolute atomic E-state index is 0.146. The van der Waals surface area contributed by atoms with Crippen molar-refractivity contribution in [3.05, 3.63) is 89.2 Å². The molecule has 2 N–H and O–H groups in total. The number of ether oxygens (including phenoxy) is 2. The fraction of sp³-hybridized carbons (Fsp3) is 0.353. The number of carbonyl (C=O) groups excluding carboxylic acids is 1. The number of amides is 1. The summed E-state index contributed by atoms with van der Waals surface area (Å²) in [5.74, 6) is 1.71. The van der Waals surface area contributed by atoms with Crippen LogP contribution in [0.1, 0.15) is 27.3 Å². The van der Waals surface area contributed by atoms with Crippen molar-refractivity contribution in [3.63, 3.8) is 0 Å². The molecule has 0 saturated carbocycles. The van der Waals surface area contributed by atoms with Crippen LogP contribution in [0.15, 0.2) is 66.7 Å². The number of aliphatic hydroxyl groups excluding tert-OH is 1. The summed E-state index contributed by atoms with van der Waals surface area (Å²) in [6, 6.07) is 22.0. The minimum atomic E-state index is -0.690. The fourth-order valence-electron chi connectivity index (χ4n) is 5.89. The molecule has 43 heavy (non-hydrogen) atoms. The van der Waals surface area contributed by atoms with E-state index in [-0.39, 0.29) is 12.5 Å². The lowest BCUT2D eigenvalue weighted by Crippen LogP contribution is -2.50. The van der Waals surface area contributed by atoms with Gasteiger partial charge in [-0.1, -0.05) is 42.5 Å². The maximum atomic E-state index is 13.4. The first-order valence-corrected chi connectivity index (χ1v) is 14.9. The average Bonchev–Trinajstić information content (AvgIpc) is 3.39. The van der Waals surface area contributed by atoms with Gasteiger partial charge in [0.1, 0.15) is 24.7 Å². The van der Waals surface area contributed by atoms with Gasteiger partial charge in [0.2, 0.25) is 0 Å². The molecule has 4 aromatic rings. The summed E-state index contributed by atoms with van der Waals surface area (Å²) in [4.78, 5) is 22.9. The van der Waals surface area contributed by atoms with Crippen LogP contribution in [0.4, 0.5) is 5.69 Å². The Bertz CT molecular complexity index is 1590. The Balaban J connectivity index is 1.12. The van der Waals surface area contributed by atoms with E-state index in [2.05, 4.69) is 47.2 Å². The number of aryl methyl sites for hydroxylation is 1. The lowest BCUT2D eigenvalue weighted by Gasteiger charge is -2.37. The van der Waals surface area contributed by atoms with E-state index < -0.39 is 6.10 Å². The quantitative estimate of drug-likeness (QED) is 0.323. The van der Waals surface area contributed by atoms with Crippen LogP contribution in [-0.2, 0) is 0 Å². The molecule has 1 atom stereocenters. The van der Waals surface area contributed by atoms with Crippen LogP contribution in [0.5, 0.6) is 11.5 Å². The Kier molecular flexibility index (Phi) is 8.35. The lowest BCUT2D eigenvalue weighted by atomic mass is 10.1. The summed E-state index contributed by atoms with van der Waals surface area (Å²) in [6.45, 7) is 11.4. The van der Waals surface area contributed by atoms with Crippen LogP contribution < -0.4 is 19.7 Å². The topological polar surface area (TPSA) is 92.1 Å². The molecule has 2 aliphatic rings. The molecule has 9 heteroatoms. The van der Waals surface area contributed by atoms with Crippen molar-refractivity contribution in [2.24, 2.45) is 0 Å². The average molecular weight is 582 g/mol. The summed E-state index contributed by atoms with van der Waals surface area (Å²) in [5.41, 5.74) is 6.64. The third kappa shape index (κ3) is 6.09. The second kappa shape index (κ2) is 12.5. The van der Waals surface area contributed by atoms with Crippen molar-refractivity contribution in [3.8, 4) is 28.6 Å². The summed E-state index contributed by atoms with van der Waals surface area (Å²) in [6.07, 6.45) is -0.690. The van der Waals surface area contributed by atoms with E-state index in [4.69, 9.17) is 14.5 Å². The zero-order chi connectivity index (χ0) is 29.9. The summed E-state index contributed by atoms with van der Waals surface area (Å²) in [7, 11) is 0. The van der Waals surface area contributed by atoms with E-state index >= 15 is 0 Å². The first-order valence-electron chi connectivity index (χ1n) is 14.9. The highest BCUT2D eigenvalue weighted by Crippen LogP contribution is 2.35. The smallest absolute Gasteiger partial charge is 0.271 e. The Morgan fingerprint density at radius 2 is 1.67 bits per heavy atom. The van der Waals surface area contributed by atoms with Gasteiger partial charge in [-0.15, -0.1) is 0 Å². The van der Waals surface area contributed by atoms with Gasteiger partial charge in [-0.3, -0.25) is 14.3 Å². The highest BCUT2D eigenvalue weighted by molar-refractivity contribution is 5.94. The Morgan fingerprint density at radius 3 is 2.44 bits per heavy atom. The van der Waals surface area contributed by atoms with Gasteiger partial charge >= 0.3 is 0 Å². The van der Waals surface area contributed by atoms with Gasteiger partial charge in [-0.05, 0) is 50.1 Å². The number of hydrogen-bond donors (Lipinski definition) is 2. The molecule has 0 bridgehead atoms. The molecule has 0 radical (unpaired) electrons. The highest BCUT2D eigenvalue weighted by atomic mass is 16.6. The Labute approximate surface area is 252 Å². The molecule has 3 heterocycles. The van der Waals surface area contributed by atoms with Gasteiger partial charge in [0.05, 0.1) is 17.5 Å². The summed E-state index contributed by atoms with van der Waals surface area (Å²) >= 11 is 0. The van der Waals surface area contributed by atoms with E-state index in [9.17, 15) is 9.90 Å². The normalized spacial score (nSPS) is 15.8. The number of aromatic nitrogens is 2. The van der Waals surface area contributed by atoms with Crippen molar-refractivity contribution in [1.82, 2.24) is 19.8 Å². The predicted octanol–water partition coefficient (Wildman–Crippen LogP) is 4.15. The number of rotatable bonds is 8. The van der Waals surface area contributed by atoms with Crippen molar-refractivity contribution >= 4 is 11.6 Å². The number of nitrogens with zero attached hydrogens (tertiary/aromatic N) is 4. The number of aliphatic hydroxyl groups is 1. The van der Waals surface area contributed by atoms with Gasteiger partial charge in [-0.2, -0.15) is 0 Å². The number of carbonyl (C=O) groups is 1. The fourth-order valence-corrected chi connectivity index (χ4v) is 5.89. The first-order chi connectivity index (χ1) is 20.9. The van der Waals surface area contributed by atoms with Crippen molar-refractivity contribution in [2.75, 3.05) is 57.4 Å². The molecule has 1 aromatic heterocycles. The third-order valence-electron chi connectivity index (χ3n) is 8.39. The molecule has 1 amide bonds. The number of piperazine rings is 1. The maximum Gasteiger partial charge on any atom is 0.271 e. The number of anilines is 1. The zero-order valence-electron chi connectivity index (χ0n) is 25.0. The molecular weight excluding hydrogens is 542 g/mol. The van der Waals surface area contributed by atoms with E-state index in [1.165, 1.54) is 16.8 Å². The first kappa shape index (κ1) is 28.8. The number of fused-ring (bicyclic) bond motifs is 1. The van der Waals surface area contributed by atoms with Crippen LogP contribution >= 0.6 is 0 Å². The standard InChI is InChI=1S/C34H39N5O4/c1-23-8-7-11-29(24(23)2)38-16-14-37(15-17-38)22-28(40)21-35-34(41)32-25(3)39(33(36-32)26-9-5-4-6-10-26)27-12-13-30-31(20-27)43-19-18-42-30/h4-13,20,28,40H,14-19,21-22H2,1-3H3,(H,35,41). The molecule has 0 aliphatic carbocycles. The molecule has 9 nitrogen and oxygen atoms in total. The number of benzene rings is 3. The third-order valence-corrected chi connectivity index (χ3v) is 8.39. The minimum Gasteiger partial charge on any atom is -0.486 e. The van der Waals surface area contributed by atoms with Gasteiger partial charge in [0.25, 0.3) is 5.91 Å². The summed E-state index contributed by atoms with van der Waals surface area (Å²) < 4.78 is 13.5. The molecule has 1 saturated heterocycles. The van der Waals surface area contributed by atoms with E-state index in [0.717, 1.165) is 37.4 Å². The second-order valence-electron chi connectivity index (χ2n) is 11.3. The Hall–Kier alpha value is -4.34. The number of nitrogens with one attached hydrogen (secondary N) is 1. The molecule has 1 fully saturated rings. The van der Waals surface area contributed by atoms with Crippen LogP contribution in [0.3, 0.4) is 0 Å². The highest BCUT2D eigenvalue weighted by Gasteiger charge is 2.25. The number of imidazole rings is 1. The maximum absolute atomic E-state index is 13.4. The molecule has 224 valence electrons. The molecule has 0 spiro atoms. The zero-order valence-corrected chi connectivity index (χ0v) is 25.0. The van der Waals surface area contributed by atoms with E-state index in [1.807, 2.05) is 60.0 Å². The van der Waals surface area contributed by atoms with Gasteiger partial charge in [-0.25, -0.2) is 4.98 Å². The van der Waals surface area contributed by atoms with Crippen molar-refractivity contribution in [1.29, 1.82) is 0 Å². The van der Waals surface area contributed by atoms with Crippen molar-refractivity contribution in [2.45, 2.75) is 26.9 Å². The number of β-amino-alcohol motifs (C(OH)–C–C–N with tert-alkyl or cyclic N) is 1. The van der Waals surface area contributed by atoms with Crippen LogP contribution in [0.25, 0.3) is 17.1 Å². The number of hydrogen-bond acceptors (Lipinski definition) is 7. The predicted molar refractivity (Wildman–Crippen MR) is 168 cm³/mol. The second-order valence-corrected chi connectivity index (χ2v) is 11.3. The van der Waals surface area contributed by atoms with Crippen LogP contribution in [0.2, 0.25) is 0 Å². The molecule has 3 aromatic carbocycles. The largest absolute Gasteiger partial charge is 0.486 e. The van der Waals surface area contributed by atoms with E-state index in [1.54, 1.807) is 0 Å².